The third kappa shape index (κ3) is 9.47. The van der Waals surface area contributed by atoms with E-state index in [0.29, 0.717) is 0 Å². The molecule has 0 aliphatic carbocycles. The van der Waals surface area contributed by atoms with Gasteiger partial charge in [0.2, 0.25) is 0 Å². The number of aliphatic hydroxyl groups is 1. The molecule has 0 aromatic rings. The summed E-state index contributed by atoms with van der Waals surface area (Å²) in [7, 11) is 0. The number of aliphatic carboxylic acids is 1. The van der Waals surface area contributed by atoms with Crippen LogP contribution >= 0.6 is 0 Å². The first-order valence-electron chi connectivity index (χ1n) is 5.59. The van der Waals surface area contributed by atoms with Gasteiger partial charge in [0.25, 0.3) is 0 Å². The average Bonchev–Trinajstić information content (AvgIpc) is 2.15. The Bertz CT molecular complexity index is 199. The molecule has 0 aliphatic rings. The Morgan fingerprint density at radius 3 is 2.27 bits per heavy atom. The van der Waals surface area contributed by atoms with Crippen molar-refractivity contribution in [1.29, 1.82) is 0 Å². The van der Waals surface area contributed by atoms with Gasteiger partial charge >= 0.3 is 5.97 Å². The molecule has 2 N–H and O–H groups in total. The fraction of sp³-hybridized carbons (Fsp3) is 0.750. The van der Waals surface area contributed by atoms with E-state index >= 15 is 0 Å². The second kappa shape index (κ2) is 8.48. The summed E-state index contributed by atoms with van der Waals surface area (Å²) in [5, 5.41) is 17.8. The molecule has 0 spiro atoms. The van der Waals surface area contributed by atoms with Gasteiger partial charge in [0.15, 0.2) is 0 Å². The molecule has 0 aromatic carbocycles. The fourth-order valence-corrected chi connectivity index (χ4v) is 1.39. The molecule has 88 valence electrons. The van der Waals surface area contributed by atoms with Crippen molar-refractivity contribution in [3.8, 4) is 0 Å². The molecule has 0 rings (SSSR count). The van der Waals surface area contributed by atoms with E-state index in [-0.39, 0.29) is 12.5 Å². The van der Waals surface area contributed by atoms with Crippen molar-refractivity contribution in [2.24, 2.45) is 0 Å². The summed E-state index contributed by atoms with van der Waals surface area (Å²) in [6, 6.07) is 0. The van der Waals surface area contributed by atoms with Gasteiger partial charge < -0.3 is 10.2 Å². The van der Waals surface area contributed by atoms with E-state index in [9.17, 15) is 9.90 Å². The molecule has 0 saturated carbocycles. The van der Waals surface area contributed by atoms with E-state index < -0.39 is 5.97 Å². The molecule has 0 fully saturated rings. The van der Waals surface area contributed by atoms with Crippen molar-refractivity contribution >= 4 is 5.97 Å². The van der Waals surface area contributed by atoms with Crippen molar-refractivity contribution in [3.63, 3.8) is 0 Å². The molecule has 0 amide bonds. The monoisotopic (exact) mass is 214 g/mol. The van der Waals surface area contributed by atoms with Gasteiger partial charge in [0.1, 0.15) is 0 Å². The number of hydrogen-bond donors (Lipinski definition) is 2. The van der Waals surface area contributed by atoms with Crippen LogP contribution in [0.15, 0.2) is 12.2 Å². The first-order valence-corrected chi connectivity index (χ1v) is 5.59. The summed E-state index contributed by atoms with van der Waals surface area (Å²) in [6.07, 6.45) is 5.50. The molecule has 0 bridgehead atoms. The second-order valence-electron chi connectivity index (χ2n) is 4.06. The van der Waals surface area contributed by atoms with Crippen molar-refractivity contribution in [2.75, 3.05) is 0 Å². The molecule has 0 aliphatic heterocycles. The van der Waals surface area contributed by atoms with E-state index in [1.165, 1.54) is 0 Å². The van der Waals surface area contributed by atoms with Gasteiger partial charge in [-0.25, -0.2) is 0 Å². The molecule has 3 heteroatoms. The van der Waals surface area contributed by atoms with Crippen LogP contribution in [0.3, 0.4) is 0 Å². The third-order valence-corrected chi connectivity index (χ3v) is 2.44. The highest BCUT2D eigenvalue weighted by atomic mass is 16.4. The third-order valence-electron chi connectivity index (χ3n) is 2.44. The lowest BCUT2D eigenvalue weighted by Crippen LogP contribution is -2.06. The van der Waals surface area contributed by atoms with Gasteiger partial charge in [-0.15, -0.1) is 0 Å². The molecule has 0 heterocycles. The molecular formula is C12H22O3. The van der Waals surface area contributed by atoms with Crippen LogP contribution in [0.1, 0.15) is 51.9 Å². The van der Waals surface area contributed by atoms with Gasteiger partial charge in [-0.05, 0) is 19.8 Å². The highest BCUT2D eigenvalue weighted by Crippen LogP contribution is 2.11. The van der Waals surface area contributed by atoms with Crippen molar-refractivity contribution < 1.29 is 15.0 Å². The van der Waals surface area contributed by atoms with Crippen LogP contribution in [0.25, 0.3) is 0 Å². The van der Waals surface area contributed by atoms with E-state index in [2.05, 4.69) is 6.58 Å². The maximum atomic E-state index is 10.2. The minimum absolute atomic E-state index is 0.272. The second-order valence-corrected chi connectivity index (χ2v) is 4.06. The van der Waals surface area contributed by atoms with Crippen LogP contribution < -0.4 is 0 Å². The fourth-order valence-electron chi connectivity index (χ4n) is 1.39. The van der Waals surface area contributed by atoms with Crippen LogP contribution in [0.4, 0.5) is 0 Å². The Balaban J connectivity index is 3.18. The average molecular weight is 214 g/mol. The highest BCUT2D eigenvalue weighted by molar-refractivity contribution is 5.66. The Hall–Kier alpha value is -0.830. The van der Waals surface area contributed by atoms with E-state index in [1.807, 2.05) is 6.92 Å². The normalized spacial score (nSPS) is 12.4. The Kier molecular flexibility index (Phi) is 8.01. The molecule has 1 atom stereocenters. The van der Waals surface area contributed by atoms with Crippen LogP contribution in [0, 0.1) is 0 Å². The molecule has 0 unspecified atom stereocenters. The maximum Gasteiger partial charge on any atom is 0.303 e. The van der Waals surface area contributed by atoms with Crippen LogP contribution in [0.5, 0.6) is 0 Å². The number of hydrogen-bond acceptors (Lipinski definition) is 2. The number of unbranched alkanes of at least 4 members (excludes halogenated alkanes) is 4. The van der Waals surface area contributed by atoms with Gasteiger partial charge in [-0.2, -0.15) is 0 Å². The number of carbonyl (C=O) groups is 1. The zero-order valence-electron chi connectivity index (χ0n) is 9.54. The number of carboxylic acid groups (broad SMARTS) is 1. The number of rotatable bonds is 9. The lowest BCUT2D eigenvalue weighted by atomic mass is 10.0. The summed E-state index contributed by atoms with van der Waals surface area (Å²) in [6.45, 7) is 5.52. The molecule has 0 radical (unpaired) electrons. The maximum absolute atomic E-state index is 10.2. The molecule has 3 nitrogen and oxygen atoms in total. The summed E-state index contributed by atoms with van der Waals surface area (Å²) in [5.74, 6) is -0.715. The minimum Gasteiger partial charge on any atom is -0.481 e. The predicted octanol–water partition coefficient (Wildman–Crippen LogP) is 2.74. The lowest BCUT2D eigenvalue weighted by Gasteiger charge is -2.09. The molecule has 15 heavy (non-hydrogen) atoms. The summed E-state index contributed by atoms with van der Waals surface area (Å²) < 4.78 is 0. The Labute approximate surface area is 91.8 Å². The van der Waals surface area contributed by atoms with Crippen molar-refractivity contribution in [1.82, 2.24) is 0 Å². The lowest BCUT2D eigenvalue weighted by molar-refractivity contribution is -0.137. The summed E-state index contributed by atoms with van der Waals surface area (Å²) in [5.41, 5.74) is 0.820. The minimum atomic E-state index is -0.715. The van der Waals surface area contributed by atoms with E-state index in [1.54, 1.807) is 0 Å². The first-order chi connectivity index (χ1) is 7.04. The van der Waals surface area contributed by atoms with E-state index in [0.717, 1.165) is 44.1 Å². The molecule has 0 aromatic heterocycles. The van der Waals surface area contributed by atoms with Crippen LogP contribution in [-0.2, 0) is 4.79 Å². The largest absolute Gasteiger partial charge is 0.481 e. The van der Waals surface area contributed by atoms with E-state index in [4.69, 9.17) is 5.11 Å². The smallest absolute Gasteiger partial charge is 0.303 e. The van der Waals surface area contributed by atoms with Gasteiger partial charge in [0.05, 0.1) is 6.10 Å². The summed E-state index contributed by atoms with van der Waals surface area (Å²) >= 11 is 0. The molecule has 0 saturated heterocycles. The Morgan fingerprint density at radius 1 is 1.20 bits per heavy atom. The number of aliphatic hydroxyl groups excluding tert-OH is 1. The topological polar surface area (TPSA) is 57.5 Å². The predicted molar refractivity (Wildman–Crippen MR) is 60.8 cm³/mol. The highest BCUT2D eigenvalue weighted by Gasteiger charge is 2.03. The zero-order chi connectivity index (χ0) is 11.7. The van der Waals surface area contributed by atoms with Crippen LogP contribution in [-0.4, -0.2) is 22.3 Å². The zero-order valence-corrected chi connectivity index (χ0v) is 9.54. The summed E-state index contributed by atoms with van der Waals surface area (Å²) in [4.78, 5) is 10.2. The van der Waals surface area contributed by atoms with Crippen molar-refractivity contribution in [2.45, 2.75) is 58.0 Å². The van der Waals surface area contributed by atoms with Gasteiger partial charge in [-0.1, -0.05) is 37.8 Å². The standard InChI is InChI=1S/C12H22O3/c1-10(2)11(13)8-6-4-3-5-7-9-12(14)15/h11,13H,1,3-9H2,2H3,(H,14,15)/t11-/m1/s1. The molecular weight excluding hydrogens is 192 g/mol. The Morgan fingerprint density at radius 2 is 1.73 bits per heavy atom. The van der Waals surface area contributed by atoms with Gasteiger partial charge in [-0.3, -0.25) is 4.79 Å². The van der Waals surface area contributed by atoms with Crippen LogP contribution in [0.2, 0.25) is 0 Å². The van der Waals surface area contributed by atoms with Gasteiger partial charge in [0, 0.05) is 6.42 Å². The first kappa shape index (κ1) is 14.2. The van der Waals surface area contributed by atoms with Crippen molar-refractivity contribution in [3.05, 3.63) is 12.2 Å². The quantitative estimate of drug-likeness (QED) is 0.458. The SMILES string of the molecule is C=C(C)[C@H](O)CCCCCCCC(=O)O. The number of carboxylic acids is 1.